The minimum Gasteiger partial charge on any atom is -0.368 e. The highest BCUT2D eigenvalue weighted by atomic mass is 16.1. The van der Waals surface area contributed by atoms with Gasteiger partial charge in [-0.1, -0.05) is 19.8 Å². The molecule has 4 N–H and O–H groups in total. The standard InChI is InChI=1S/C9H19N3O/c1-2-3-4-9(8(10)13)7-11-5-6-12-9/h11-12H,2-7H2,1H3,(H2,10,13). The van der Waals surface area contributed by atoms with E-state index in [0.29, 0.717) is 6.54 Å². The third kappa shape index (κ3) is 2.42. The molecule has 1 unspecified atom stereocenters. The molecule has 1 amide bonds. The number of nitrogens with one attached hydrogen (secondary N) is 2. The van der Waals surface area contributed by atoms with Crippen LogP contribution in [0.2, 0.25) is 0 Å². The van der Waals surface area contributed by atoms with Gasteiger partial charge in [0.25, 0.3) is 0 Å². The van der Waals surface area contributed by atoms with Crippen molar-refractivity contribution in [3.8, 4) is 0 Å². The highest BCUT2D eigenvalue weighted by Crippen LogP contribution is 2.14. The summed E-state index contributed by atoms with van der Waals surface area (Å²) < 4.78 is 0. The van der Waals surface area contributed by atoms with Crippen molar-refractivity contribution in [2.24, 2.45) is 5.73 Å². The molecule has 0 aliphatic carbocycles. The zero-order valence-corrected chi connectivity index (χ0v) is 8.23. The molecule has 0 bridgehead atoms. The van der Waals surface area contributed by atoms with Gasteiger partial charge in [0.05, 0.1) is 0 Å². The molecule has 1 aliphatic rings. The van der Waals surface area contributed by atoms with Gasteiger partial charge in [-0.15, -0.1) is 0 Å². The van der Waals surface area contributed by atoms with E-state index < -0.39 is 5.54 Å². The van der Waals surface area contributed by atoms with Crippen LogP contribution in [0.5, 0.6) is 0 Å². The molecule has 1 aliphatic heterocycles. The molecule has 1 heterocycles. The SMILES string of the molecule is CCCCC1(C(N)=O)CNCCN1. The largest absolute Gasteiger partial charge is 0.368 e. The van der Waals surface area contributed by atoms with Gasteiger partial charge in [0.15, 0.2) is 0 Å². The molecule has 76 valence electrons. The summed E-state index contributed by atoms with van der Waals surface area (Å²) in [5.41, 5.74) is 4.91. The second-order valence-corrected chi connectivity index (χ2v) is 3.65. The number of amides is 1. The van der Waals surface area contributed by atoms with E-state index in [-0.39, 0.29) is 5.91 Å². The molecule has 0 saturated carbocycles. The number of primary amides is 1. The molecule has 1 rings (SSSR count). The smallest absolute Gasteiger partial charge is 0.239 e. The fourth-order valence-corrected chi connectivity index (χ4v) is 1.71. The quantitative estimate of drug-likeness (QED) is 0.558. The van der Waals surface area contributed by atoms with Crippen LogP contribution < -0.4 is 16.4 Å². The molecule has 1 saturated heterocycles. The van der Waals surface area contributed by atoms with Gasteiger partial charge in [0.1, 0.15) is 5.54 Å². The van der Waals surface area contributed by atoms with Gasteiger partial charge < -0.3 is 16.4 Å². The molecule has 13 heavy (non-hydrogen) atoms. The van der Waals surface area contributed by atoms with Crippen molar-refractivity contribution in [1.29, 1.82) is 0 Å². The Morgan fingerprint density at radius 3 is 2.77 bits per heavy atom. The van der Waals surface area contributed by atoms with Crippen LogP contribution in [-0.4, -0.2) is 31.1 Å². The molecule has 0 radical (unpaired) electrons. The molecule has 0 aromatic rings. The van der Waals surface area contributed by atoms with Crippen molar-refractivity contribution in [1.82, 2.24) is 10.6 Å². The maximum Gasteiger partial charge on any atom is 0.239 e. The zero-order valence-electron chi connectivity index (χ0n) is 8.23. The summed E-state index contributed by atoms with van der Waals surface area (Å²) >= 11 is 0. The van der Waals surface area contributed by atoms with E-state index in [2.05, 4.69) is 17.6 Å². The summed E-state index contributed by atoms with van der Waals surface area (Å²) in [7, 11) is 0. The van der Waals surface area contributed by atoms with E-state index in [0.717, 1.165) is 32.4 Å². The van der Waals surface area contributed by atoms with E-state index >= 15 is 0 Å². The Hall–Kier alpha value is -0.610. The van der Waals surface area contributed by atoms with E-state index in [9.17, 15) is 4.79 Å². The fraction of sp³-hybridized carbons (Fsp3) is 0.889. The Labute approximate surface area is 79.3 Å². The first kappa shape index (κ1) is 10.5. The van der Waals surface area contributed by atoms with E-state index in [1.165, 1.54) is 0 Å². The van der Waals surface area contributed by atoms with Crippen molar-refractivity contribution in [2.45, 2.75) is 31.7 Å². The molecule has 0 aromatic heterocycles. The normalized spacial score (nSPS) is 28.7. The summed E-state index contributed by atoms with van der Waals surface area (Å²) in [6.07, 6.45) is 2.97. The van der Waals surface area contributed by atoms with Gasteiger partial charge in [0.2, 0.25) is 5.91 Å². The van der Waals surface area contributed by atoms with Crippen molar-refractivity contribution in [2.75, 3.05) is 19.6 Å². The summed E-state index contributed by atoms with van der Waals surface area (Å²) in [5.74, 6) is -0.229. The average molecular weight is 185 g/mol. The molecule has 1 fully saturated rings. The van der Waals surface area contributed by atoms with Gasteiger partial charge in [-0.2, -0.15) is 0 Å². The van der Waals surface area contributed by atoms with E-state index in [1.807, 2.05) is 0 Å². The number of nitrogens with two attached hydrogens (primary N) is 1. The van der Waals surface area contributed by atoms with E-state index in [1.54, 1.807) is 0 Å². The Morgan fingerprint density at radius 1 is 1.54 bits per heavy atom. The lowest BCUT2D eigenvalue weighted by Crippen LogP contribution is -2.65. The van der Waals surface area contributed by atoms with Crippen molar-refractivity contribution in [3.63, 3.8) is 0 Å². The first-order valence-electron chi connectivity index (χ1n) is 4.97. The first-order valence-corrected chi connectivity index (χ1v) is 4.97. The monoisotopic (exact) mass is 185 g/mol. The molecule has 4 heteroatoms. The second-order valence-electron chi connectivity index (χ2n) is 3.65. The third-order valence-electron chi connectivity index (χ3n) is 2.62. The Morgan fingerprint density at radius 2 is 2.31 bits per heavy atom. The van der Waals surface area contributed by atoms with Crippen LogP contribution in [0.3, 0.4) is 0 Å². The lowest BCUT2D eigenvalue weighted by molar-refractivity contribution is -0.125. The summed E-state index contributed by atoms with van der Waals surface area (Å²) in [5, 5.41) is 6.43. The molecule has 0 spiro atoms. The van der Waals surface area contributed by atoms with Gasteiger partial charge in [-0.3, -0.25) is 4.79 Å². The number of rotatable bonds is 4. The maximum atomic E-state index is 11.3. The van der Waals surface area contributed by atoms with Gasteiger partial charge in [-0.05, 0) is 6.42 Å². The molecular formula is C9H19N3O. The first-order chi connectivity index (χ1) is 6.21. The summed E-state index contributed by atoms with van der Waals surface area (Å²) in [6, 6.07) is 0. The van der Waals surface area contributed by atoms with Crippen molar-refractivity contribution >= 4 is 5.91 Å². The van der Waals surface area contributed by atoms with Crippen molar-refractivity contribution < 1.29 is 4.79 Å². The number of carbonyl (C=O) groups is 1. The van der Waals surface area contributed by atoms with Gasteiger partial charge in [0, 0.05) is 19.6 Å². The van der Waals surface area contributed by atoms with Crippen LogP contribution in [0.15, 0.2) is 0 Å². The maximum absolute atomic E-state index is 11.3. The van der Waals surface area contributed by atoms with E-state index in [4.69, 9.17) is 5.73 Å². The number of unbranched alkanes of at least 4 members (excludes halogenated alkanes) is 1. The predicted octanol–water partition coefficient (Wildman–Crippen LogP) is -0.406. The number of hydrogen-bond acceptors (Lipinski definition) is 3. The van der Waals surface area contributed by atoms with Gasteiger partial charge >= 0.3 is 0 Å². The molecular weight excluding hydrogens is 166 g/mol. The highest BCUT2D eigenvalue weighted by Gasteiger charge is 2.36. The number of carbonyl (C=O) groups excluding carboxylic acids is 1. The van der Waals surface area contributed by atoms with Gasteiger partial charge in [-0.25, -0.2) is 0 Å². The number of piperazine rings is 1. The Bertz CT molecular complexity index is 176. The van der Waals surface area contributed by atoms with Crippen LogP contribution in [-0.2, 0) is 4.79 Å². The second kappa shape index (κ2) is 4.58. The predicted molar refractivity (Wildman–Crippen MR) is 52.3 cm³/mol. The summed E-state index contributed by atoms with van der Waals surface area (Å²) in [6.45, 7) is 4.53. The topological polar surface area (TPSA) is 67.2 Å². The van der Waals surface area contributed by atoms with Crippen LogP contribution in [0.4, 0.5) is 0 Å². The highest BCUT2D eigenvalue weighted by molar-refractivity contribution is 5.85. The summed E-state index contributed by atoms with van der Waals surface area (Å²) in [4.78, 5) is 11.3. The molecule has 0 aromatic carbocycles. The minimum atomic E-state index is -0.492. The van der Waals surface area contributed by atoms with Crippen LogP contribution in [0.25, 0.3) is 0 Å². The zero-order chi connectivity index (χ0) is 9.73. The Kier molecular flexibility index (Phi) is 3.69. The molecule has 4 nitrogen and oxygen atoms in total. The molecule has 1 atom stereocenters. The average Bonchev–Trinajstić information content (AvgIpc) is 2.16. The fourth-order valence-electron chi connectivity index (χ4n) is 1.71. The lowest BCUT2D eigenvalue weighted by Gasteiger charge is -2.36. The van der Waals surface area contributed by atoms with Crippen LogP contribution in [0.1, 0.15) is 26.2 Å². The number of hydrogen-bond donors (Lipinski definition) is 3. The van der Waals surface area contributed by atoms with Crippen LogP contribution >= 0.6 is 0 Å². The third-order valence-corrected chi connectivity index (χ3v) is 2.62. The lowest BCUT2D eigenvalue weighted by atomic mass is 9.90. The Balaban J connectivity index is 2.56. The minimum absolute atomic E-state index is 0.229. The van der Waals surface area contributed by atoms with Crippen LogP contribution in [0, 0.1) is 0 Å². The van der Waals surface area contributed by atoms with Crippen molar-refractivity contribution in [3.05, 3.63) is 0 Å².